The molecule has 0 atom stereocenters. The molecule has 1 aromatic carbocycles. The molecule has 0 aliphatic heterocycles. The lowest BCUT2D eigenvalue weighted by Gasteiger charge is -2.40. The van der Waals surface area contributed by atoms with Gasteiger partial charge in [-0.2, -0.15) is 5.26 Å². The predicted octanol–water partition coefficient (Wildman–Crippen LogP) is 2.94. The zero-order valence-corrected chi connectivity index (χ0v) is 11.9. The van der Waals surface area contributed by atoms with E-state index in [-0.39, 0.29) is 5.54 Å². The van der Waals surface area contributed by atoms with Crippen LogP contribution in [0.25, 0.3) is 0 Å². The van der Waals surface area contributed by atoms with Crippen molar-refractivity contribution in [3.05, 3.63) is 30.3 Å². The summed E-state index contributed by atoms with van der Waals surface area (Å²) in [6, 6.07) is 13.6. The van der Waals surface area contributed by atoms with Gasteiger partial charge in [0.05, 0.1) is 6.07 Å². The van der Waals surface area contributed by atoms with Crippen LogP contribution in [-0.4, -0.2) is 25.2 Å². The van der Waals surface area contributed by atoms with Crippen molar-refractivity contribution in [2.75, 3.05) is 18.5 Å². The van der Waals surface area contributed by atoms with Crippen LogP contribution in [0.3, 0.4) is 0 Å². The summed E-state index contributed by atoms with van der Waals surface area (Å²) in [6.45, 7) is 3.23. The van der Waals surface area contributed by atoms with E-state index >= 15 is 0 Å². The molecular formula is C16H23N3. The predicted molar refractivity (Wildman–Crippen MR) is 79.1 cm³/mol. The van der Waals surface area contributed by atoms with Gasteiger partial charge in [-0.1, -0.05) is 18.2 Å². The van der Waals surface area contributed by atoms with E-state index in [1.54, 1.807) is 0 Å². The number of nitrogens with one attached hydrogen (secondary N) is 1. The maximum atomic E-state index is 9.31. The van der Waals surface area contributed by atoms with Crippen molar-refractivity contribution in [3.63, 3.8) is 0 Å². The SMILES string of the molecule is CCN(c1ccccc1)C1CCC(C#N)(NC)CC1. The van der Waals surface area contributed by atoms with Gasteiger partial charge >= 0.3 is 0 Å². The molecular weight excluding hydrogens is 234 g/mol. The Morgan fingerprint density at radius 1 is 1.32 bits per heavy atom. The number of benzene rings is 1. The van der Waals surface area contributed by atoms with Gasteiger partial charge in [0, 0.05) is 18.3 Å². The van der Waals surface area contributed by atoms with Gasteiger partial charge in [0.1, 0.15) is 5.54 Å². The normalized spacial score (nSPS) is 26.7. The van der Waals surface area contributed by atoms with Gasteiger partial charge < -0.3 is 10.2 Å². The number of anilines is 1. The minimum absolute atomic E-state index is 0.299. The molecule has 0 amide bonds. The molecule has 102 valence electrons. The second-order valence-corrected chi connectivity index (χ2v) is 5.30. The Morgan fingerprint density at radius 3 is 2.42 bits per heavy atom. The van der Waals surface area contributed by atoms with Crippen molar-refractivity contribution in [3.8, 4) is 6.07 Å². The topological polar surface area (TPSA) is 39.1 Å². The van der Waals surface area contributed by atoms with E-state index in [0.717, 1.165) is 32.2 Å². The minimum Gasteiger partial charge on any atom is -0.369 e. The highest BCUT2D eigenvalue weighted by Crippen LogP contribution is 2.32. The number of rotatable bonds is 4. The fraction of sp³-hybridized carbons (Fsp3) is 0.562. The van der Waals surface area contributed by atoms with Crippen LogP contribution in [-0.2, 0) is 0 Å². The molecule has 0 saturated heterocycles. The zero-order valence-electron chi connectivity index (χ0n) is 11.9. The average Bonchev–Trinajstić information content (AvgIpc) is 2.50. The highest BCUT2D eigenvalue weighted by molar-refractivity contribution is 5.47. The molecule has 0 unspecified atom stereocenters. The molecule has 0 heterocycles. The van der Waals surface area contributed by atoms with Crippen LogP contribution in [0, 0.1) is 11.3 Å². The van der Waals surface area contributed by atoms with Crippen LogP contribution in [0.5, 0.6) is 0 Å². The first-order chi connectivity index (χ1) is 9.24. The van der Waals surface area contributed by atoms with Crippen LogP contribution in [0.4, 0.5) is 5.69 Å². The molecule has 1 aliphatic carbocycles. The van der Waals surface area contributed by atoms with E-state index in [1.807, 2.05) is 7.05 Å². The fourth-order valence-electron chi connectivity index (χ4n) is 3.10. The van der Waals surface area contributed by atoms with Gasteiger partial charge in [-0.15, -0.1) is 0 Å². The van der Waals surface area contributed by atoms with Gasteiger partial charge in [0.15, 0.2) is 0 Å². The van der Waals surface area contributed by atoms with Crippen molar-refractivity contribution in [1.82, 2.24) is 5.32 Å². The van der Waals surface area contributed by atoms with Crippen LogP contribution in [0.15, 0.2) is 30.3 Å². The Kier molecular flexibility index (Phi) is 4.44. The van der Waals surface area contributed by atoms with Gasteiger partial charge in [0.2, 0.25) is 0 Å². The molecule has 1 aromatic rings. The summed E-state index contributed by atoms with van der Waals surface area (Å²) in [5, 5.41) is 12.5. The first kappa shape index (κ1) is 13.9. The Bertz CT molecular complexity index is 427. The molecule has 1 saturated carbocycles. The first-order valence-electron chi connectivity index (χ1n) is 7.16. The van der Waals surface area contributed by atoms with Gasteiger partial charge in [-0.25, -0.2) is 0 Å². The van der Waals surface area contributed by atoms with Crippen LogP contribution in [0.1, 0.15) is 32.6 Å². The van der Waals surface area contributed by atoms with Crippen LogP contribution in [0.2, 0.25) is 0 Å². The van der Waals surface area contributed by atoms with E-state index in [4.69, 9.17) is 0 Å². The summed E-state index contributed by atoms with van der Waals surface area (Å²) in [5.41, 5.74) is 0.996. The van der Waals surface area contributed by atoms with Crippen LogP contribution < -0.4 is 10.2 Å². The molecule has 1 fully saturated rings. The smallest absolute Gasteiger partial charge is 0.106 e. The lowest BCUT2D eigenvalue weighted by Crippen LogP contribution is -2.49. The summed E-state index contributed by atoms with van der Waals surface area (Å²) in [4.78, 5) is 2.47. The molecule has 0 bridgehead atoms. The van der Waals surface area contributed by atoms with Crippen LogP contribution >= 0.6 is 0 Å². The second kappa shape index (κ2) is 6.08. The quantitative estimate of drug-likeness (QED) is 0.901. The maximum Gasteiger partial charge on any atom is 0.106 e. The third-order valence-corrected chi connectivity index (χ3v) is 4.37. The summed E-state index contributed by atoms with van der Waals surface area (Å²) in [6.07, 6.45) is 4.04. The van der Waals surface area contributed by atoms with E-state index in [1.165, 1.54) is 5.69 Å². The molecule has 2 rings (SSSR count). The van der Waals surface area contributed by atoms with Crippen molar-refractivity contribution in [2.45, 2.75) is 44.2 Å². The summed E-state index contributed by atoms with van der Waals surface area (Å²) in [5.74, 6) is 0. The molecule has 19 heavy (non-hydrogen) atoms. The zero-order chi connectivity index (χ0) is 13.7. The van der Waals surface area contributed by atoms with Gasteiger partial charge in [-0.05, 0) is 51.8 Å². The molecule has 0 aromatic heterocycles. The van der Waals surface area contributed by atoms with E-state index < -0.39 is 0 Å². The lowest BCUT2D eigenvalue weighted by atomic mass is 9.80. The Hall–Kier alpha value is -1.53. The molecule has 3 heteroatoms. The molecule has 3 nitrogen and oxygen atoms in total. The fourth-order valence-corrected chi connectivity index (χ4v) is 3.10. The number of hydrogen-bond acceptors (Lipinski definition) is 3. The van der Waals surface area contributed by atoms with Crippen molar-refractivity contribution >= 4 is 5.69 Å². The molecule has 1 N–H and O–H groups in total. The van der Waals surface area contributed by atoms with Gasteiger partial charge in [-0.3, -0.25) is 0 Å². The number of nitrogens with zero attached hydrogens (tertiary/aromatic N) is 2. The maximum absolute atomic E-state index is 9.31. The first-order valence-corrected chi connectivity index (χ1v) is 7.16. The lowest BCUT2D eigenvalue weighted by molar-refractivity contribution is 0.284. The molecule has 0 spiro atoms. The van der Waals surface area contributed by atoms with Crippen molar-refractivity contribution in [1.29, 1.82) is 5.26 Å². The number of para-hydroxylation sites is 1. The Labute approximate surface area is 116 Å². The summed E-state index contributed by atoms with van der Waals surface area (Å²) >= 11 is 0. The van der Waals surface area contributed by atoms with Crippen molar-refractivity contribution in [2.24, 2.45) is 0 Å². The van der Waals surface area contributed by atoms with E-state index in [0.29, 0.717) is 6.04 Å². The monoisotopic (exact) mass is 257 g/mol. The Balaban J connectivity index is 2.06. The number of nitriles is 1. The Morgan fingerprint density at radius 2 is 1.95 bits per heavy atom. The van der Waals surface area contributed by atoms with E-state index in [2.05, 4.69) is 53.5 Å². The van der Waals surface area contributed by atoms with Crippen molar-refractivity contribution < 1.29 is 0 Å². The largest absolute Gasteiger partial charge is 0.369 e. The molecule has 0 radical (unpaired) electrons. The third kappa shape index (κ3) is 2.90. The standard InChI is InChI=1S/C16H23N3/c1-3-19(14-7-5-4-6-8-14)15-9-11-16(13-17,18-2)12-10-15/h4-8,15,18H,3,9-12H2,1-2H3. The second-order valence-electron chi connectivity index (χ2n) is 5.30. The summed E-state index contributed by atoms with van der Waals surface area (Å²) < 4.78 is 0. The summed E-state index contributed by atoms with van der Waals surface area (Å²) in [7, 11) is 1.90. The molecule has 1 aliphatic rings. The highest BCUT2D eigenvalue weighted by atomic mass is 15.2. The average molecular weight is 257 g/mol. The highest BCUT2D eigenvalue weighted by Gasteiger charge is 2.35. The minimum atomic E-state index is -0.299. The third-order valence-electron chi connectivity index (χ3n) is 4.37. The number of hydrogen-bond donors (Lipinski definition) is 1. The van der Waals surface area contributed by atoms with Gasteiger partial charge in [0.25, 0.3) is 0 Å². The van der Waals surface area contributed by atoms with E-state index in [9.17, 15) is 5.26 Å².